The summed E-state index contributed by atoms with van der Waals surface area (Å²) in [4.78, 5) is 4.35. The summed E-state index contributed by atoms with van der Waals surface area (Å²) in [6.07, 6.45) is 6.04. The third-order valence-corrected chi connectivity index (χ3v) is 2.69. The molecule has 0 spiro atoms. The summed E-state index contributed by atoms with van der Waals surface area (Å²) in [6, 6.07) is 4.06. The van der Waals surface area contributed by atoms with E-state index in [1.165, 1.54) is 16.7 Å². The van der Waals surface area contributed by atoms with Crippen LogP contribution in [0.15, 0.2) is 48.2 Å². The van der Waals surface area contributed by atoms with Crippen molar-refractivity contribution >= 4 is 5.57 Å². The highest BCUT2D eigenvalue weighted by atomic mass is 14.7. The average Bonchev–Trinajstić information content (AvgIpc) is 2.28. The molecule has 0 saturated carbocycles. The van der Waals surface area contributed by atoms with E-state index in [1.807, 2.05) is 26.1 Å². The van der Waals surface area contributed by atoms with Crippen molar-refractivity contribution < 1.29 is 0 Å². The maximum absolute atomic E-state index is 4.35. The molecule has 1 rings (SSSR count). The molecule has 0 unspecified atom stereocenters. The molecule has 0 aliphatic carbocycles. The summed E-state index contributed by atoms with van der Waals surface area (Å²) in [5.41, 5.74) is 5.57. The van der Waals surface area contributed by atoms with Gasteiger partial charge in [-0.1, -0.05) is 30.4 Å². The van der Waals surface area contributed by atoms with Crippen LogP contribution in [0, 0.1) is 6.92 Å². The number of allylic oxidation sites excluding steroid dienone is 5. The summed E-state index contributed by atoms with van der Waals surface area (Å²) in [6.45, 7) is 12.3. The molecule has 0 aliphatic heterocycles. The average molecular weight is 213 g/mol. The minimum atomic E-state index is 0.939. The second kappa shape index (κ2) is 5.45. The zero-order chi connectivity index (χ0) is 12.1. The molecule has 1 heteroatoms. The first-order valence-corrected chi connectivity index (χ1v) is 5.48. The first-order chi connectivity index (χ1) is 7.54. The number of hydrogen-bond acceptors (Lipinski definition) is 1. The highest BCUT2D eigenvalue weighted by molar-refractivity contribution is 5.71. The summed E-state index contributed by atoms with van der Waals surface area (Å²) >= 11 is 0. The van der Waals surface area contributed by atoms with Gasteiger partial charge in [-0.15, -0.1) is 0 Å². The first kappa shape index (κ1) is 12.4. The van der Waals surface area contributed by atoms with Crippen LogP contribution < -0.4 is 0 Å². The predicted molar refractivity (Wildman–Crippen MR) is 71.2 cm³/mol. The quantitative estimate of drug-likeness (QED) is 0.681. The van der Waals surface area contributed by atoms with Crippen LogP contribution in [0.2, 0.25) is 0 Å². The van der Waals surface area contributed by atoms with Crippen LogP contribution in [0.5, 0.6) is 0 Å². The minimum Gasteiger partial charge on any atom is -0.256 e. The maximum atomic E-state index is 4.35. The normalized spacial score (nSPS) is 12.8. The van der Waals surface area contributed by atoms with Gasteiger partial charge in [-0.05, 0) is 50.5 Å². The van der Waals surface area contributed by atoms with E-state index < -0.39 is 0 Å². The van der Waals surface area contributed by atoms with E-state index >= 15 is 0 Å². The third kappa shape index (κ3) is 3.20. The SMILES string of the molecule is C=C(C=C(C)C(C)=CC)c1ccc(C)cn1. The van der Waals surface area contributed by atoms with Gasteiger partial charge in [-0.3, -0.25) is 4.98 Å². The van der Waals surface area contributed by atoms with Crippen molar-refractivity contribution in [3.05, 3.63) is 59.5 Å². The van der Waals surface area contributed by atoms with Crippen LogP contribution in [0.1, 0.15) is 32.0 Å². The van der Waals surface area contributed by atoms with Gasteiger partial charge in [0.15, 0.2) is 0 Å². The van der Waals surface area contributed by atoms with Crippen molar-refractivity contribution in [3.63, 3.8) is 0 Å². The van der Waals surface area contributed by atoms with Gasteiger partial charge < -0.3 is 0 Å². The lowest BCUT2D eigenvalue weighted by Gasteiger charge is -2.04. The van der Waals surface area contributed by atoms with Crippen LogP contribution in [0.4, 0.5) is 0 Å². The van der Waals surface area contributed by atoms with Crippen molar-refractivity contribution in [2.75, 3.05) is 0 Å². The highest BCUT2D eigenvalue weighted by Gasteiger charge is 1.98. The van der Waals surface area contributed by atoms with Crippen LogP contribution >= 0.6 is 0 Å². The third-order valence-electron chi connectivity index (χ3n) is 2.69. The lowest BCUT2D eigenvalue weighted by molar-refractivity contribution is 1.23. The van der Waals surface area contributed by atoms with Gasteiger partial charge in [-0.25, -0.2) is 0 Å². The Hall–Kier alpha value is -1.63. The fourth-order valence-corrected chi connectivity index (χ4v) is 1.33. The van der Waals surface area contributed by atoms with Crippen molar-refractivity contribution in [1.29, 1.82) is 0 Å². The molecule has 0 fully saturated rings. The van der Waals surface area contributed by atoms with E-state index in [4.69, 9.17) is 0 Å². The molecule has 84 valence electrons. The second-order valence-electron chi connectivity index (χ2n) is 4.05. The predicted octanol–water partition coefficient (Wildman–Crippen LogP) is 4.32. The molecule has 0 saturated heterocycles. The van der Waals surface area contributed by atoms with E-state index in [-0.39, 0.29) is 0 Å². The number of hydrogen-bond donors (Lipinski definition) is 0. The van der Waals surface area contributed by atoms with Crippen molar-refractivity contribution in [1.82, 2.24) is 4.98 Å². The van der Waals surface area contributed by atoms with Gasteiger partial charge in [0.1, 0.15) is 0 Å². The highest BCUT2D eigenvalue weighted by Crippen LogP contribution is 2.17. The van der Waals surface area contributed by atoms with Crippen LogP contribution in [-0.4, -0.2) is 4.98 Å². The second-order valence-corrected chi connectivity index (χ2v) is 4.05. The Morgan fingerprint density at radius 1 is 1.25 bits per heavy atom. The van der Waals surface area contributed by atoms with Crippen molar-refractivity contribution in [2.45, 2.75) is 27.7 Å². The number of aryl methyl sites for hydroxylation is 1. The summed E-state index contributed by atoms with van der Waals surface area (Å²) in [5, 5.41) is 0. The smallest absolute Gasteiger partial charge is 0.0696 e. The molecule has 1 nitrogen and oxygen atoms in total. The van der Waals surface area contributed by atoms with Gasteiger partial charge in [-0.2, -0.15) is 0 Å². The fraction of sp³-hybridized carbons (Fsp3) is 0.267. The van der Waals surface area contributed by atoms with Gasteiger partial charge >= 0.3 is 0 Å². The van der Waals surface area contributed by atoms with E-state index in [9.17, 15) is 0 Å². The van der Waals surface area contributed by atoms with E-state index in [0.29, 0.717) is 0 Å². The topological polar surface area (TPSA) is 12.9 Å². The molecule has 1 aromatic rings. The molecule has 0 bridgehead atoms. The zero-order valence-electron chi connectivity index (χ0n) is 10.5. The van der Waals surface area contributed by atoms with E-state index in [0.717, 1.165) is 11.3 Å². The summed E-state index contributed by atoms with van der Waals surface area (Å²) < 4.78 is 0. The first-order valence-electron chi connectivity index (χ1n) is 5.48. The molecule has 16 heavy (non-hydrogen) atoms. The maximum Gasteiger partial charge on any atom is 0.0696 e. The lowest BCUT2D eigenvalue weighted by Crippen LogP contribution is -1.88. The fourth-order valence-electron chi connectivity index (χ4n) is 1.33. The molecular formula is C15H19N. The Bertz CT molecular complexity index is 433. The molecule has 0 amide bonds. The monoisotopic (exact) mass is 213 g/mol. The Morgan fingerprint density at radius 2 is 1.94 bits per heavy atom. The number of pyridine rings is 1. The van der Waals surface area contributed by atoms with Gasteiger partial charge in [0.2, 0.25) is 0 Å². The van der Waals surface area contributed by atoms with Gasteiger partial charge in [0.25, 0.3) is 0 Å². The van der Waals surface area contributed by atoms with Crippen LogP contribution in [-0.2, 0) is 0 Å². The number of rotatable bonds is 3. The van der Waals surface area contributed by atoms with E-state index in [1.54, 1.807) is 0 Å². The van der Waals surface area contributed by atoms with Crippen LogP contribution in [0.3, 0.4) is 0 Å². The molecule has 1 aromatic heterocycles. The molecular weight excluding hydrogens is 194 g/mol. The Morgan fingerprint density at radius 3 is 2.44 bits per heavy atom. The Kier molecular flexibility index (Phi) is 4.24. The number of nitrogens with zero attached hydrogens (tertiary/aromatic N) is 1. The Balaban J connectivity index is 2.92. The summed E-state index contributed by atoms with van der Waals surface area (Å²) in [5.74, 6) is 0. The van der Waals surface area contributed by atoms with E-state index in [2.05, 4.69) is 43.6 Å². The molecule has 0 radical (unpaired) electrons. The largest absolute Gasteiger partial charge is 0.256 e. The van der Waals surface area contributed by atoms with Gasteiger partial charge in [0, 0.05) is 6.20 Å². The lowest BCUT2D eigenvalue weighted by atomic mass is 10.0. The molecule has 0 aromatic carbocycles. The standard InChI is InChI=1S/C15H19N/c1-6-12(3)13(4)9-14(5)15-8-7-11(2)10-16-15/h6-10H,5H2,1-4H3. The molecule has 0 aliphatic rings. The Labute approximate surface area is 98.2 Å². The molecule has 0 atom stereocenters. The zero-order valence-corrected chi connectivity index (χ0v) is 10.5. The van der Waals surface area contributed by atoms with Gasteiger partial charge in [0.05, 0.1) is 5.69 Å². The van der Waals surface area contributed by atoms with Crippen LogP contribution in [0.25, 0.3) is 5.57 Å². The van der Waals surface area contributed by atoms with Crippen molar-refractivity contribution in [2.24, 2.45) is 0 Å². The minimum absolute atomic E-state index is 0.939. The molecule has 1 heterocycles. The summed E-state index contributed by atoms with van der Waals surface area (Å²) in [7, 11) is 0. The molecule has 0 N–H and O–H groups in total. The number of aromatic nitrogens is 1. The van der Waals surface area contributed by atoms with Crippen molar-refractivity contribution in [3.8, 4) is 0 Å².